The number of nitrogens with one attached hydrogen (secondary N) is 1. The van der Waals surface area contributed by atoms with Crippen LogP contribution in [0.5, 0.6) is 0 Å². The van der Waals surface area contributed by atoms with Gasteiger partial charge in [0, 0.05) is 11.1 Å². The van der Waals surface area contributed by atoms with Crippen molar-refractivity contribution < 1.29 is 19.1 Å². The van der Waals surface area contributed by atoms with Crippen molar-refractivity contribution >= 4 is 46.8 Å². The number of benzene rings is 1. The summed E-state index contributed by atoms with van der Waals surface area (Å²) in [4.78, 5) is 22.9. The summed E-state index contributed by atoms with van der Waals surface area (Å²) in [6.07, 6.45) is 4.12. The van der Waals surface area contributed by atoms with E-state index < -0.39 is 11.9 Å². The highest BCUT2D eigenvalue weighted by Crippen LogP contribution is 2.30. The summed E-state index contributed by atoms with van der Waals surface area (Å²) in [5, 5.41) is 11.7. The lowest BCUT2D eigenvalue weighted by molar-refractivity contribution is -0.111. The van der Waals surface area contributed by atoms with E-state index in [2.05, 4.69) is 5.32 Å². The molecule has 1 aromatic heterocycles. The van der Waals surface area contributed by atoms with Crippen molar-refractivity contribution in [3.05, 3.63) is 58.0 Å². The summed E-state index contributed by atoms with van der Waals surface area (Å²) < 4.78 is 5.03. The number of carboxylic acid groups (broad SMARTS) is 1. The Hall–Kier alpha value is -2.24. The predicted molar refractivity (Wildman–Crippen MR) is 79.8 cm³/mol. The first-order valence-electron chi connectivity index (χ1n) is 5.72. The number of hydrogen-bond acceptors (Lipinski definition) is 3. The van der Waals surface area contributed by atoms with Gasteiger partial charge in [0.15, 0.2) is 0 Å². The normalized spacial score (nSPS) is 10.8. The van der Waals surface area contributed by atoms with Crippen LogP contribution in [0.2, 0.25) is 10.0 Å². The Kier molecular flexibility index (Phi) is 4.67. The van der Waals surface area contributed by atoms with Crippen molar-refractivity contribution in [2.45, 2.75) is 0 Å². The third kappa shape index (κ3) is 3.87. The molecule has 1 aromatic carbocycles. The minimum Gasteiger partial charge on any atom is -0.478 e. The molecule has 2 aromatic rings. The van der Waals surface area contributed by atoms with E-state index in [1.165, 1.54) is 30.5 Å². The van der Waals surface area contributed by atoms with Crippen LogP contribution in [0.3, 0.4) is 0 Å². The van der Waals surface area contributed by atoms with Crippen molar-refractivity contribution in [2.75, 3.05) is 5.32 Å². The Labute approximate surface area is 129 Å². The maximum atomic E-state index is 11.8. The van der Waals surface area contributed by atoms with E-state index in [4.69, 9.17) is 32.7 Å². The smallest absolute Gasteiger partial charge is 0.337 e. The van der Waals surface area contributed by atoms with Gasteiger partial charge in [-0.1, -0.05) is 23.2 Å². The number of hydrogen-bond donors (Lipinski definition) is 2. The van der Waals surface area contributed by atoms with Crippen LogP contribution in [0.15, 0.2) is 41.0 Å². The van der Waals surface area contributed by atoms with Crippen molar-refractivity contribution in [1.29, 1.82) is 0 Å². The lowest BCUT2D eigenvalue weighted by atomic mass is 10.1. The molecule has 7 heteroatoms. The summed E-state index contributed by atoms with van der Waals surface area (Å²) in [5.41, 5.74) is -0.199. The Morgan fingerprint density at radius 1 is 1.29 bits per heavy atom. The van der Waals surface area contributed by atoms with Crippen LogP contribution in [0, 0.1) is 0 Å². The van der Waals surface area contributed by atoms with E-state index in [-0.39, 0.29) is 21.3 Å². The zero-order chi connectivity index (χ0) is 15.4. The molecule has 0 aliphatic carbocycles. The minimum atomic E-state index is -1.25. The summed E-state index contributed by atoms with van der Waals surface area (Å²) in [5.74, 6) is -1.30. The van der Waals surface area contributed by atoms with Crippen molar-refractivity contribution in [2.24, 2.45) is 0 Å². The van der Waals surface area contributed by atoms with Gasteiger partial charge in [-0.25, -0.2) is 4.79 Å². The van der Waals surface area contributed by atoms with E-state index in [0.717, 1.165) is 0 Å². The average Bonchev–Trinajstić information content (AvgIpc) is 2.92. The number of carbonyl (C=O) groups is 2. The molecule has 0 spiro atoms. The molecule has 0 unspecified atom stereocenters. The van der Waals surface area contributed by atoms with Crippen LogP contribution < -0.4 is 5.32 Å². The molecule has 0 saturated carbocycles. The topological polar surface area (TPSA) is 79.5 Å². The van der Waals surface area contributed by atoms with Crippen LogP contribution in [0.1, 0.15) is 16.1 Å². The molecule has 0 atom stereocenters. The van der Waals surface area contributed by atoms with Gasteiger partial charge in [0.05, 0.1) is 22.5 Å². The molecule has 0 bridgehead atoms. The van der Waals surface area contributed by atoms with E-state index in [1.807, 2.05) is 0 Å². The zero-order valence-corrected chi connectivity index (χ0v) is 12.0. The predicted octanol–water partition coefficient (Wildman–Crippen LogP) is 3.94. The van der Waals surface area contributed by atoms with Crippen LogP contribution in [-0.2, 0) is 4.79 Å². The highest BCUT2D eigenvalue weighted by atomic mass is 35.5. The second-order valence-corrected chi connectivity index (χ2v) is 4.80. The summed E-state index contributed by atoms with van der Waals surface area (Å²) in [6.45, 7) is 0. The molecule has 21 heavy (non-hydrogen) atoms. The van der Waals surface area contributed by atoms with Crippen LogP contribution in [-0.4, -0.2) is 17.0 Å². The minimum absolute atomic E-state index is 0.0114. The first kappa shape index (κ1) is 15.2. The van der Waals surface area contributed by atoms with Gasteiger partial charge in [0.1, 0.15) is 5.76 Å². The van der Waals surface area contributed by atoms with Gasteiger partial charge in [0.25, 0.3) is 0 Å². The van der Waals surface area contributed by atoms with Gasteiger partial charge in [-0.15, -0.1) is 0 Å². The van der Waals surface area contributed by atoms with Crippen LogP contribution in [0.4, 0.5) is 5.69 Å². The highest BCUT2D eigenvalue weighted by Gasteiger charge is 2.16. The SMILES string of the molecule is O=C(/C=C/c1ccco1)Nc1c(Cl)cc(Cl)cc1C(=O)O. The molecule has 0 radical (unpaired) electrons. The fraction of sp³-hybridized carbons (Fsp3) is 0. The summed E-state index contributed by atoms with van der Waals surface area (Å²) >= 11 is 11.7. The maximum absolute atomic E-state index is 11.8. The van der Waals surface area contributed by atoms with E-state index in [9.17, 15) is 9.59 Å². The molecule has 0 aliphatic rings. The van der Waals surface area contributed by atoms with Gasteiger partial charge < -0.3 is 14.8 Å². The highest BCUT2D eigenvalue weighted by molar-refractivity contribution is 6.38. The standard InChI is InChI=1S/C14H9Cl2NO4/c15-8-6-10(14(19)20)13(11(16)7-8)17-12(18)4-3-9-2-1-5-21-9/h1-7H,(H,17,18)(H,19,20)/b4-3+. The van der Waals surface area contributed by atoms with Crippen LogP contribution >= 0.6 is 23.2 Å². The van der Waals surface area contributed by atoms with E-state index in [0.29, 0.717) is 5.76 Å². The molecule has 0 aliphatic heterocycles. The zero-order valence-electron chi connectivity index (χ0n) is 10.5. The van der Waals surface area contributed by atoms with Gasteiger partial charge in [-0.3, -0.25) is 4.79 Å². The average molecular weight is 326 g/mol. The van der Waals surface area contributed by atoms with Gasteiger partial charge in [-0.05, 0) is 30.3 Å². The number of furan rings is 1. The fourth-order valence-corrected chi connectivity index (χ4v) is 2.12. The molecule has 1 amide bonds. The molecule has 2 rings (SSSR count). The van der Waals surface area contributed by atoms with Crippen molar-refractivity contribution in [1.82, 2.24) is 0 Å². The van der Waals surface area contributed by atoms with Crippen molar-refractivity contribution in [3.8, 4) is 0 Å². The van der Waals surface area contributed by atoms with Gasteiger partial charge >= 0.3 is 5.97 Å². The largest absolute Gasteiger partial charge is 0.478 e. The lowest BCUT2D eigenvalue weighted by Gasteiger charge is -2.09. The number of amides is 1. The first-order valence-corrected chi connectivity index (χ1v) is 6.48. The second-order valence-electron chi connectivity index (χ2n) is 3.95. The molecular formula is C14H9Cl2NO4. The quantitative estimate of drug-likeness (QED) is 0.834. The molecule has 0 fully saturated rings. The van der Waals surface area contributed by atoms with Crippen LogP contribution in [0.25, 0.3) is 6.08 Å². The number of carboxylic acids is 1. The molecular weight excluding hydrogens is 317 g/mol. The van der Waals surface area contributed by atoms with E-state index >= 15 is 0 Å². The molecule has 0 saturated heterocycles. The lowest BCUT2D eigenvalue weighted by Crippen LogP contribution is -2.12. The Morgan fingerprint density at radius 3 is 2.67 bits per heavy atom. The number of anilines is 1. The molecule has 5 nitrogen and oxygen atoms in total. The molecule has 108 valence electrons. The molecule has 1 heterocycles. The van der Waals surface area contributed by atoms with Gasteiger partial charge in [0.2, 0.25) is 5.91 Å². The number of aromatic carboxylic acids is 1. The fourth-order valence-electron chi connectivity index (χ4n) is 1.58. The Bertz CT molecular complexity index is 708. The molecule has 2 N–H and O–H groups in total. The maximum Gasteiger partial charge on any atom is 0.337 e. The van der Waals surface area contributed by atoms with Crippen molar-refractivity contribution in [3.63, 3.8) is 0 Å². The first-order chi connectivity index (χ1) is 9.97. The van der Waals surface area contributed by atoms with Gasteiger partial charge in [-0.2, -0.15) is 0 Å². The Balaban J connectivity index is 2.23. The third-order valence-electron chi connectivity index (χ3n) is 2.48. The summed E-state index contributed by atoms with van der Waals surface area (Å²) in [7, 11) is 0. The number of halogens is 2. The number of carbonyl (C=O) groups excluding carboxylic acids is 1. The summed E-state index contributed by atoms with van der Waals surface area (Å²) in [6, 6.07) is 5.90. The van der Waals surface area contributed by atoms with E-state index in [1.54, 1.807) is 12.1 Å². The Morgan fingerprint density at radius 2 is 2.05 bits per heavy atom. The third-order valence-corrected chi connectivity index (χ3v) is 2.99. The monoisotopic (exact) mass is 325 g/mol. The number of rotatable bonds is 4. The second kappa shape index (κ2) is 6.47.